The highest BCUT2D eigenvalue weighted by Gasteiger charge is 2.26. The molecule has 0 unspecified atom stereocenters. The van der Waals surface area contributed by atoms with Crippen LogP contribution in [0.5, 0.6) is 0 Å². The number of sulfonamides is 1. The Morgan fingerprint density at radius 1 is 1.43 bits per heavy atom. The topological polar surface area (TPSA) is 63.7 Å². The molecule has 0 N–H and O–H groups in total. The van der Waals surface area contributed by atoms with Crippen LogP contribution >= 0.6 is 0 Å². The fourth-order valence-corrected chi connectivity index (χ4v) is 2.92. The van der Waals surface area contributed by atoms with Crippen molar-refractivity contribution >= 4 is 16.0 Å². The van der Waals surface area contributed by atoms with Crippen molar-refractivity contribution in [3.63, 3.8) is 0 Å². The van der Waals surface area contributed by atoms with E-state index in [4.69, 9.17) is 11.2 Å². The molecule has 0 spiro atoms. The number of ether oxygens (including phenoxy) is 1. The standard InChI is InChI=1S/C15H17NO4S/c1-4-10-16(12-15(17)20-11-5-2)21(18,19)14-8-6-13(3)7-9-14/h2,4,6-9H,1,10-12H2,3H3. The van der Waals surface area contributed by atoms with Crippen LogP contribution in [-0.4, -0.2) is 38.4 Å². The molecule has 0 aromatic heterocycles. The Morgan fingerprint density at radius 3 is 2.57 bits per heavy atom. The summed E-state index contributed by atoms with van der Waals surface area (Å²) in [6.45, 7) is 4.76. The van der Waals surface area contributed by atoms with Gasteiger partial charge in [-0.2, -0.15) is 4.31 Å². The van der Waals surface area contributed by atoms with Crippen molar-refractivity contribution in [2.24, 2.45) is 0 Å². The first-order valence-corrected chi connectivity index (χ1v) is 7.62. The summed E-state index contributed by atoms with van der Waals surface area (Å²) in [4.78, 5) is 11.7. The van der Waals surface area contributed by atoms with Crippen LogP contribution in [0.15, 0.2) is 41.8 Å². The van der Waals surface area contributed by atoms with Crippen molar-refractivity contribution in [3.8, 4) is 12.3 Å². The zero-order chi connectivity index (χ0) is 15.9. The summed E-state index contributed by atoms with van der Waals surface area (Å²) in [5.74, 6) is 1.45. The largest absolute Gasteiger partial charge is 0.452 e. The molecule has 1 aromatic carbocycles. The quantitative estimate of drug-likeness (QED) is 0.433. The van der Waals surface area contributed by atoms with Crippen molar-refractivity contribution in [3.05, 3.63) is 42.5 Å². The first kappa shape index (κ1) is 17.0. The van der Waals surface area contributed by atoms with Crippen molar-refractivity contribution in [1.29, 1.82) is 0 Å². The Labute approximate surface area is 125 Å². The van der Waals surface area contributed by atoms with Crippen molar-refractivity contribution in [2.45, 2.75) is 11.8 Å². The van der Waals surface area contributed by atoms with Crippen LogP contribution < -0.4 is 0 Å². The zero-order valence-corrected chi connectivity index (χ0v) is 12.6. The van der Waals surface area contributed by atoms with E-state index in [1.807, 2.05) is 6.92 Å². The molecule has 0 aliphatic carbocycles. The summed E-state index contributed by atoms with van der Waals surface area (Å²) in [6.07, 6.45) is 6.39. The minimum Gasteiger partial charge on any atom is -0.452 e. The maximum Gasteiger partial charge on any atom is 0.322 e. The Bertz CT molecular complexity index is 641. The van der Waals surface area contributed by atoms with Gasteiger partial charge in [-0.3, -0.25) is 4.79 Å². The van der Waals surface area contributed by atoms with Crippen LogP contribution in [0.3, 0.4) is 0 Å². The highest BCUT2D eigenvalue weighted by atomic mass is 32.2. The molecule has 0 saturated carbocycles. The summed E-state index contributed by atoms with van der Waals surface area (Å²) >= 11 is 0. The van der Waals surface area contributed by atoms with Gasteiger partial charge in [-0.1, -0.05) is 29.7 Å². The smallest absolute Gasteiger partial charge is 0.322 e. The van der Waals surface area contributed by atoms with Gasteiger partial charge in [-0.15, -0.1) is 13.0 Å². The second kappa shape index (κ2) is 7.62. The van der Waals surface area contributed by atoms with Crippen LogP contribution in [0, 0.1) is 19.3 Å². The number of benzene rings is 1. The molecule has 6 heteroatoms. The summed E-state index contributed by atoms with van der Waals surface area (Å²) in [7, 11) is -3.79. The molecule has 0 saturated heterocycles. The Kier molecular flexibility index (Phi) is 6.15. The van der Waals surface area contributed by atoms with Crippen LogP contribution in [0.1, 0.15) is 5.56 Å². The summed E-state index contributed by atoms with van der Waals surface area (Å²) in [5.41, 5.74) is 0.942. The molecule has 0 atom stereocenters. The third kappa shape index (κ3) is 4.74. The van der Waals surface area contributed by atoms with Gasteiger partial charge < -0.3 is 4.74 Å². The van der Waals surface area contributed by atoms with Gasteiger partial charge in [0, 0.05) is 6.54 Å². The van der Waals surface area contributed by atoms with Gasteiger partial charge in [-0.25, -0.2) is 8.42 Å². The lowest BCUT2D eigenvalue weighted by Gasteiger charge is -2.19. The summed E-state index contributed by atoms with van der Waals surface area (Å²) < 4.78 is 30.6. The van der Waals surface area contributed by atoms with Crippen LogP contribution in [0.2, 0.25) is 0 Å². The number of rotatable bonds is 7. The van der Waals surface area contributed by atoms with Crippen molar-refractivity contribution < 1.29 is 17.9 Å². The van der Waals surface area contributed by atoms with E-state index in [1.165, 1.54) is 18.2 Å². The molecule has 0 amide bonds. The molecule has 0 fully saturated rings. The number of carbonyl (C=O) groups is 1. The minimum atomic E-state index is -3.79. The van der Waals surface area contributed by atoms with E-state index in [1.54, 1.807) is 12.1 Å². The number of hydrogen-bond acceptors (Lipinski definition) is 4. The molecule has 5 nitrogen and oxygen atoms in total. The predicted molar refractivity (Wildman–Crippen MR) is 79.9 cm³/mol. The number of hydrogen-bond donors (Lipinski definition) is 0. The van der Waals surface area contributed by atoms with Gasteiger partial charge in [-0.05, 0) is 19.1 Å². The van der Waals surface area contributed by atoms with E-state index in [0.717, 1.165) is 9.87 Å². The number of nitrogens with zero attached hydrogens (tertiary/aromatic N) is 1. The minimum absolute atomic E-state index is 0.00135. The van der Waals surface area contributed by atoms with E-state index in [-0.39, 0.29) is 18.0 Å². The number of esters is 1. The molecule has 1 aromatic rings. The van der Waals surface area contributed by atoms with E-state index < -0.39 is 22.5 Å². The molecule has 0 bridgehead atoms. The normalized spacial score (nSPS) is 10.9. The van der Waals surface area contributed by atoms with Gasteiger partial charge in [0.05, 0.1) is 4.90 Å². The fraction of sp³-hybridized carbons (Fsp3) is 0.267. The maximum absolute atomic E-state index is 12.5. The Balaban J connectivity index is 2.98. The van der Waals surface area contributed by atoms with Crippen molar-refractivity contribution in [2.75, 3.05) is 19.7 Å². The lowest BCUT2D eigenvalue weighted by Crippen LogP contribution is -2.36. The highest BCUT2D eigenvalue weighted by molar-refractivity contribution is 7.89. The molecule has 0 aliphatic heterocycles. The second-order valence-electron chi connectivity index (χ2n) is 4.26. The van der Waals surface area contributed by atoms with Gasteiger partial charge in [0.25, 0.3) is 0 Å². The molecular formula is C15H17NO4S. The molecule has 112 valence electrons. The van der Waals surface area contributed by atoms with Gasteiger partial charge in [0.1, 0.15) is 6.54 Å². The predicted octanol–water partition coefficient (Wildman–Crippen LogP) is 1.35. The molecule has 0 aliphatic rings. The number of terminal acetylenes is 1. The summed E-state index contributed by atoms with van der Waals surface area (Å²) in [5, 5.41) is 0. The number of carbonyl (C=O) groups excluding carboxylic acids is 1. The Hall–Kier alpha value is -2.10. The molecule has 0 heterocycles. The average Bonchev–Trinajstić information content (AvgIpc) is 2.45. The third-order valence-corrected chi connectivity index (χ3v) is 4.44. The van der Waals surface area contributed by atoms with Crippen molar-refractivity contribution in [1.82, 2.24) is 4.31 Å². The third-order valence-electron chi connectivity index (χ3n) is 2.61. The average molecular weight is 307 g/mol. The lowest BCUT2D eigenvalue weighted by molar-refractivity contribution is -0.142. The first-order chi connectivity index (χ1) is 9.91. The Morgan fingerprint density at radius 2 is 2.05 bits per heavy atom. The van der Waals surface area contributed by atoms with Gasteiger partial charge in [0.2, 0.25) is 10.0 Å². The van der Waals surface area contributed by atoms with E-state index in [2.05, 4.69) is 12.5 Å². The van der Waals surface area contributed by atoms with E-state index in [9.17, 15) is 13.2 Å². The van der Waals surface area contributed by atoms with Crippen LogP contribution in [0.4, 0.5) is 0 Å². The van der Waals surface area contributed by atoms with Gasteiger partial charge in [0.15, 0.2) is 6.61 Å². The monoisotopic (exact) mass is 307 g/mol. The van der Waals surface area contributed by atoms with E-state index >= 15 is 0 Å². The lowest BCUT2D eigenvalue weighted by atomic mass is 10.2. The number of aryl methyl sites for hydroxylation is 1. The van der Waals surface area contributed by atoms with Crippen LogP contribution in [-0.2, 0) is 19.6 Å². The molecule has 1 rings (SSSR count). The SMILES string of the molecule is C#CCOC(=O)CN(CC=C)S(=O)(=O)c1ccc(C)cc1. The second-order valence-corrected chi connectivity index (χ2v) is 6.20. The maximum atomic E-state index is 12.5. The van der Waals surface area contributed by atoms with Gasteiger partial charge >= 0.3 is 5.97 Å². The fourth-order valence-electron chi connectivity index (χ4n) is 1.56. The summed E-state index contributed by atoms with van der Waals surface area (Å²) in [6, 6.07) is 6.37. The zero-order valence-electron chi connectivity index (χ0n) is 11.8. The van der Waals surface area contributed by atoms with E-state index in [0.29, 0.717) is 0 Å². The first-order valence-electron chi connectivity index (χ1n) is 6.18. The molecule has 21 heavy (non-hydrogen) atoms. The highest BCUT2D eigenvalue weighted by Crippen LogP contribution is 2.16. The molecular weight excluding hydrogens is 290 g/mol. The molecule has 0 radical (unpaired) electrons. The van der Waals surface area contributed by atoms with Crippen LogP contribution in [0.25, 0.3) is 0 Å².